The number of benzene rings is 2. The molecule has 0 aliphatic rings. The third-order valence-electron chi connectivity index (χ3n) is 4.35. The number of ether oxygens (including phenoxy) is 1. The highest BCUT2D eigenvalue weighted by Crippen LogP contribution is 2.17. The van der Waals surface area contributed by atoms with Gasteiger partial charge in [-0.2, -0.15) is 0 Å². The van der Waals surface area contributed by atoms with E-state index in [1.807, 2.05) is 62.4 Å². The first-order valence-electron chi connectivity index (χ1n) is 9.27. The van der Waals surface area contributed by atoms with Crippen molar-refractivity contribution < 1.29 is 14.3 Å². The molecular weight excluding hydrogens is 420 g/mol. The molecule has 0 spiro atoms. The summed E-state index contributed by atoms with van der Waals surface area (Å²) >= 11 is 3.46. The molecule has 0 aliphatic heterocycles. The van der Waals surface area contributed by atoms with Gasteiger partial charge in [-0.1, -0.05) is 40.2 Å². The lowest BCUT2D eigenvalue weighted by Crippen LogP contribution is -2.49. The highest BCUT2D eigenvalue weighted by atomic mass is 79.9. The highest BCUT2D eigenvalue weighted by Gasteiger charge is 2.26. The Morgan fingerprint density at radius 3 is 2.32 bits per heavy atom. The molecule has 1 atom stereocenters. The van der Waals surface area contributed by atoms with Crippen molar-refractivity contribution in [2.45, 2.75) is 45.8 Å². The van der Waals surface area contributed by atoms with Gasteiger partial charge in [0, 0.05) is 17.1 Å². The summed E-state index contributed by atoms with van der Waals surface area (Å²) in [6.45, 7) is 5.94. The number of nitrogens with zero attached hydrogens (tertiary/aromatic N) is 1. The topological polar surface area (TPSA) is 58.6 Å². The standard InChI is InChI=1S/C22H27BrN2O3/c1-15(2)24-22(27)16(3)25(14-18-6-5-7-19(23)12-18)21(26)13-17-8-10-20(28-4)11-9-17/h5-12,15-16H,13-14H2,1-4H3,(H,24,27)/t16-/m0/s1. The van der Waals surface area contributed by atoms with Crippen LogP contribution in [-0.2, 0) is 22.6 Å². The van der Waals surface area contributed by atoms with Gasteiger partial charge in [-0.15, -0.1) is 0 Å². The van der Waals surface area contributed by atoms with Crippen LogP contribution in [0.3, 0.4) is 0 Å². The smallest absolute Gasteiger partial charge is 0.242 e. The van der Waals surface area contributed by atoms with Crippen LogP contribution in [-0.4, -0.2) is 35.9 Å². The van der Waals surface area contributed by atoms with Gasteiger partial charge in [-0.05, 0) is 56.2 Å². The third kappa shape index (κ3) is 6.37. The monoisotopic (exact) mass is 446 g/mol. The number of carbonyl (C=O) groups excluding carboxylic acids is 2. The van der Waals surface area contributed by atoms with Gasteiger partial charge in [0.05, 0.1) is 13.5 Å². The SMILES string of the molecule is COc1ccc(CC(=O)N(Cc2cccc(Br)c2)[C@@H](C)C(=O)NC(C)C)cc1. The Kier molecular flexibility index (Phi) is 8.05. The van der Waals surface area contributed by atoms with Crippen LogP contribution in [0.1, 0.15) is 31.9 Å². The Hall–Kier alpha value is -2.34. The zero-order valence-electron chi connectivity index (χ0n) is 16.7. The summed E-state index contributed by atoms with van der Waals surface area (Å²) in [6.07, 6.45) is 0.220. The zero-order valence-corrected chi connectivity index (χ0v) is 18.3. The number of hydrogen-bond donors (Lipinski definition) is 1. The van der Waals surface area contributed by atoms with Crippen LogP contribution >= 0.6 is 15.9 Å². The van der Waals surface area contributed by atoms with Crippen LogP contribution in [0.2, 0.25) is 0 Å². The Bertz CT molecular complexity index is 806. The van der Waals surface area contributed by atoms with E-state index < -0.39 is 6.04 Å². The first-order valence-corrected chi connectivity index (χ1v) is 10.1. The Labute approximate surface area is 175 Å². The van der Waals surface area contributed by atoms with E-state index in [0.717, 1.165) is 21.3 Å². The van der Waals surface area contributed by atoms with Crippen molar-refractivity contribution in [3.05, 3.63) is 64.1 Å². The number of nitrogens with one attached hydrogen (secondary N) is 1. The molecule has 2 rings (SSSR count). The van der Waals surface area contributed by atoms with E-state index in [2.05, 4.69) is 21.2 Å². The lowest BCUT2D eigenvalue weighted by molar-refractivity contribution is -0.140. The highest BCUT2D eigenvalue weighted by molar-refractivity contribution is 9.10. The first-order chi connectivity index (χ1) is 13.3. The number of halogens is 1. The molecule has 6 heteroatoms. The second-order valence-electron chi connectivity index (χ2n) is 7.02. The van der Waals surface area contributed by atoms with Gasteiger partial charge in [0.1, 0.15) is 11.8 Å². The van der Waals surface area contributed by atoms with Crippen molar-refractivity contribution in [2.24, 2.45) is 0 Å². The van der Waals surface area contributed by atoms with E-state index in [4.69, 9.17) is 4.74 Å². The molecule has 0 saturated carbocycles. The molecule has 0 radical (unpaired) electrons. The maximum absolute atomic E-state index is 13.1. The lowest BCUT2D eigenvalue weighted by Gasteiger charge is -2.29. The molecule has 0 aliphatic carbocycles. The van der Waals surface area contributed by atoms with Gasteiger partial charge < -0.3 is 15.0 Å². The molecule has 0 fully saturated rings. The molecule has 5 nitrogen and oxygen atoms in total. The fraction of sp³-hybridized carbons (Fsp3) is 0.364. The Morgan fingerprint density at radius 1 is 1.07 bits per heavy atom. The zero-order chi connectivity index (χ0) is 20.7. The van der Waals surface area contributed by atoms with Crippen molar-refractivity contribution in [3.63, 3.8) is 0 Å². The summed E-state index contributed by atoms with van der Waals surface area (Å²) in [6, 6.07) is 14.6. The molecule has 0 saturated heterocycles. The quantitative estimate of drug-likeness (QED) is 0.667. The number of hydrogen-bond acceptors (Lipinski definition) is 3. The van der Waals surface area contributed by atoms with Crippen molar-refractivity contribution in [3.8, 4) is 5.75 Å². The molecule has 2 amide bonds. The summed E-state index contributed by atoms with van der Waals surface area (Å²) in [5.74, 6) is 0.483. The van der Waals surface area contributed by atoms with Crippen LogP contribution in [0.4, 0.5) is 0 Å². The van der Waals surface area contributed by atoms with Crippen LogP contribution in [0.15, 0.2) is 53.0 Å². The van der Waals surface area contributed by atoms with Crippen molar-refractivity contribution in [1.82, 2.24) is 10.2 Å². The van der Waals surface area contributed by atoms with Crippen LogP contribution in [0, 0.1) is 0 Å². The predicted octanol–water partition coefficient (Wildman–Crippen LogP) is 3.94. The van der Waals surface area contributed by atoms with E-state index in [9.17, 15) is 9.59 Å². The van der Waals surface area contributed by atoms with E-state index in [1.165, 1.54) is 0 Å². The number of carbonyl (C=O) groups is 2. The number of amides is 2. The fourth-order valence-corrected chi connectivity index (χ4v) is 3.29. The molecule has 0 bridgehead atoms. The molecule has 0 aromatic heterocycles. The van der Waals surface area contributed by atoms with Crippen LogP contribution < -0.4 is 10.1 Å². The fourth-order valence-electron chi connectivity index (χ4n) is 2.84. The minimum absolute atomic E-state index is 0.0133. The minimum Gasteiger partial charge on any atom is -0.497 e. The summed E-state index contributed by atoms with van der Waals surface area (Å²) < 4.78 is 6.10. The number of rotatable bonds is 8. The second kappa shape index (κ2) is 10.3. The molecule has 2 aromatic carbocycles. The van der Waals surface area contributed by atoms with Crippen LogP contribution in [0.25, 0.3) is 0 Å². The maximum atomic E-state index is 13.1. The third-order valence-corrected chi connectivity index (χ3v) is 4.85. The van der Waals surface area contributed by atoms with Crippen molar-refractivity contribution in [2.75, 3.05) is 7.11 Å². The normalized spacial score (nSPS) is 11.8. The molecule has 150 valence electrons. The first kappa shape index (κ1) is 22.0. The molecule has 1 N–H and O–H groups in total. The molecule has 0 unspecified atom stereocenters. The Balaban J connectivity index is 2.22. The van der Waals surface area contributed by atoms with Gasteiger partial charge in [0.2, 0.25) is 11.8 Å². The van der Waals surface area contributed by atoms with E-state index in [-0.39, 0.29) is 24.3 Å². The van der Waals surface area contributed by atoms with E-state index in [0.29, 0.717) is 6.54 Å². The lowest BCUT2D eigenvalue weighted by atomic mass is 10.1. The summed E-state index contributed by atoms with van der Waals surface area (Å²) in [7, 11) is 1.61. The largest absolute Gasteiger partial charge is 0.497 e. The average molecular weight is 447 g/mol. The predicted molar refractivity (Wildman–Crippen MR) is 114 cm³/mol. The van der Waals surface area contributed by atoms with Gasteiger partial charge in [-0.3, -0.25) is 9.59 Å². The average Bonchev–Trinajstić information content (AvgIpc) is 2.65. The molecule has 0 heterocycles. The van der Waals surface area contributed by atoms with Crippen LogP contribution in [0.5, 0.6) is 5.75 Å². The maximum Gasteiger partial charge on any atom is 0.242 e. The molecular formula is C22H27BrN2O3. The summed E-state index contributed by atoms with van der Waals surface area (Å²) in [5.41, 5.74) is 1.84. The minimum atomic E-state index is -0.577. The van der Waals surface area contributed by atoms with Gasteiger partial charge in [-0.25, -0.2) is 0 Å². The second-order valence-corrected chi connectivity index (χ2v) is 7.93. The number of methoxy groups -OCH3 is 1. The summed E-state index contributed by atoms with van der Waals surface area (Å²) in [4.78, 5) is 27.3. The van der Waals surface area contributed by atoms with E-state index >= 15 is 0 Å². The molecule has 2 aromatic rings. The molecule has 28 heavy (non-hydrogen) atoms. The van der Waals surface area contributed by atoms with Gasteiger partial charge >= 0.3 is 0 Å². The van der Waals surface area contributed by atoms with Gasteiger partial charge in [0.15, 0.2) is 0 Å². The van der Waals surface area contributed by atoms with Gasteiger partial charge in [0.25, 0.3) is 0 Å². The van der Waals surface area contributed by atoms with Crippen molar-refractivity contribution >= 4 is 27.7 Å². The Morgan fingerprint density at radius 2 is 1.75 bits per heavy atom. The van der Waals surface area contributed by atoms with E-state index in [1.54, 1.807) is 18.9 Å². The van der Waals surface area contributed by atoms with Crippen molar-refractivity contribution in [1.29, 1.82) is 0 Å². The summed E-state index contributed by atoms with van der Waals surface area (Å²) in [5, 5.41) is 2.90.